The lowest BCUT2D eigenvalue weighted by Gasteiger charge is -2.21. The Labute approximate surface area is 256 Å². The highest BCUT2D eigenvalue weighted by Crippen LogP contribution is 2.12. The molecule has 6 heteroatoms. The normalized spacial score (nSPS) is 11.3. The quantitative estimate of drug-likeness (QED) is 0.0682. The molecule has 0 saturated carbocycles. The van der Waals surface area contributed by atoms with E-state index in [1.807, 2.05) is 0 Å². The Hall–Kier alpha value is -1.14. The fourth-order valence-electron chi connectivity index (χ4n) is 5.42. The fraction of sp³-hybridized carbons (Fsp3) is 0.943. The van der Waals surface area contributed by atoms with Crippen LogP contribution in [0.3, 0.4) is 0 Å². The minimum Gasteiger partial charge on any atom is -0.356 e. The lowest BCUT2D eigenvalue weighted by atomic mass is 10.1. The standard InChI is InChI=1S/C35H72N4O2/c1-3-5-7-9-11-13-15-17-19-21-23-25-30-38-35(41)27-32-39(33-28-36)31-26-34(40)37-29-24-22-20-18-16-14-12-10-8-6-4-2/h3-33,36H2,1-2H3,(H,37,40)(H,38,41). The predicted octanol–water partition coefficient (Wildman–Crippen LogP) is 8.27. The number of nitrogens with zero attached hydrogens (tertiary/aromatic N) is 1. The molecule has 0 heterocycles. The molecule has 0 radical (unpaired) electrons. The van der Waals surface area contributed by atoms with Crippen molar-refractivity contribution in [1.29, 1.82) is 0 Å². The molecule has 0 saturated heterocycles. The van der Waals surface area contributed by atoms with Crippen molar-refractivity contribution in [3.63, 3.8) is 0 Å². The zero-order valence-corrected chi connectivity index (χ0v) is 27.8. The van der Waals surface area contributed by atoms with Gasteiger partial charge in [0.2, 0.25) is 11.8 Å². The van der Waals surface area contributed by atoms with E-state index in [4.69, 9.17) is 5.73 Å². The molecule has 41 heavy (non-hydrogen) atoms. The zero-order valence-electron chi connectivity index (χ0n) is 27.8. The molecule has 0 atom stereocenters. The number of nitrogens with two attached hydrogens (primary N) is 1. The average Bonchev–Trinajstić information content (AvgIpc) is 2.97. The first-order valence-electron chi connectivity index (χ1n) is 18.1. The molecule has 244 valence electrons. The monoisotopic (exact) mass is 581 g/mol. The highest BCUT2D eigenvalue weighted by Gasteiger charge is 2.10. The maximum absolute atomic E-state index is 12.3. The third-order valence-electron chi connectivity index (χ3n) is 8.21. The molecule has 0 fully saturated rings. The van der Waals surface area contributed by atoms with Crippen molar-refractivity contribution in [2.45, 2.75) is 174 Å². The highest BCUT2D eigenvalue weighted by atomic mass is 16.2. The molecule has 0 bridgehead atoms. The first-order valence-corrected chi connectivity index (χ1v) is 18.1. The lowest BCUT2D eigenvalue weighted by molar-refractivity contribution is -0.121. The summed E-state index contributed by atoms with van der Waals surface area (Å²) in [5.41, 5.74) is 5.77. The van der Waals surface area contributed by atoms with Crippen LogP contribution >= 0.6 is 0 Å². The number of hydrogen-bond donors (Lipinski definition) is 3. The van der Waals surface area contributed by atoms with Gasteiger partial charge in [0.05, 0.1) is 0 Å². The van der Waals surface area contributed by atoms with E-state index in [1.165, 1.54) is 135 Å². The summed E-state index contributed by atoms with van der Waals surface area (Å²) in [5, 5.41) is 6.14. The Morgan fingerprint density at radius 1 is 0.463 bits per heavy atom. The third-order valence-corrected chi connectivity index (χ3v) is 8.21. The van der Waals surface area contributed by atoms with E-state index < -0.39 is 0 Å². The van der Waals surface area contributed by atoms with E-state index in [0.29, 0.717) is 32.5 Å². The van der Waals surface area contributed by atoms with E-state index in [0.717, 1.165) is 32.5 Å². The van der Waals surface area contributed by atoms with E-state index in [1.54, 1.807) is 0 Å². The van der Waals surface area contributed by atoms with Crippen LogP contribution in [0.25, 0.3) is 0 Å². The number of rotatable bonds is 33. The van der Waals surface area contributed by atoms with Gasteiger partial charge >= 0.3 is 0 Å². The summed E-state index contributed by atoms with van der Waals surface area (Å²) in [6.45, 7) is 8.67. The van der Waals surface area contributed by atoms with Gasteiger partial charge in [0.15, 0.2) is 0 Å². The molecule has 6 nitrogen and oxygen atoms in total. The Morgan fingerprint density at radius 3 is 1.05 bits per heavy atom. The summed E-state index contributed by atoms with van der Waals surface area (Å²) in [5.74, 6) is 0.214. The molecule has 0 aliphatic rings. The van der Waals surface area contributed by atoms with Crippen LogP contribution < -0.4 is 16.4 Å². The number of hydrogen-bond acceptors (Lipinski definition) is 4. The first-order chi connectivity index (χ1) is 20.1. The maximum atomic E-state index is 12.3. The molecular weight excluding hydrogens is 508 g/mol. The number of amides is 2. The van der Waals surface area contributed by atoms with Gasteiger partial charge in [0, 0.05) is 52.1 Å². The second-order valence-electron chi connectivity index (χ2n) is 12.3. The van der Waals surface area contributed by atoms with Gasteiger partial charge in [-0.2, -0.15) is 0 Å². The zero-order chi connectivity index (χ0) is 30.1. The minimum absolute atomic E-state index is 0.107. The first kappa shape index (κ1) is 39.9. The van der Waals surface area contributed by atoms with Crippen molar-refractivity contribution in [2.24, 2.45) is 5.73 Å². The number of nitrogens with one attached hydrogen (secondary N) is 2. The number of carbonyl (C=O) groups excluding carboxylic acids is 2. The number of unbranched alkanes of at least 4 members (excludes halogenated alkanes) is 21. The summed E-state index contributed by atoms with van der Waals surface area (Å²) in [4.78, 5) is 26.7. The van der Waals surface area contributed by atoms with Gasteiger partial charge in [0.25, 0.3) is 0 Å². The maximum Gasteiger partial charge on any atom is 0.221 e. The topological polar surface area (TPSA) is 87.5 Å². The average molecular weight is 581 g/mol. The van der Waals surface area contributed by atoms with Crippen LogP contribution in [0, 0.1) is 0 Å². The minimum atomic E-state index is 0.107. The van der Waals surface area contributed by atoms with E-state index >= 15 is 0 Å². The summed E-state index contributed by atoms with van der Waals surface area (Å²) < 4.78 is 0. The molecule has 0 aromatic rings. The Kier molecular flexibility index (Phi) is 32.4. The Morgan fingerprint density at radius 2 is 0.756 bits per heavy atom. The van der Waals surface area contributed by atoms with Crippen molar-refractivity contribution in [3.8, 4) is 0 Å². The van der Waals surface area contributed by atoms with E-state index in [2.05, 4.69) is 29.4 Å². The number of carbonyl (C=O) groups is 2. The smallest absolute Gasteiger partial charge is 0.221 e. The van der Waals surface area contributed by atoms with Gasteiger partial charge in [-0.25, -0.2) is 0 Å². The molecule has 0 unspecified atom stereocenters. The SMILES string of the molecule is CCCCCCCCCCCCCCNC(=O)CCN(CCN)CCC(=O)NCCCCCCCCCCCCC. The highest BCUT2D eigenvalue weighted by molar-refractivity contribution is 5.76. The second-order valence-corrected chi connectivity index (χ2v) is 12.3. The van der Waals surface area contributed by atoms with Crippen LogP contribution in [0.4, 0.5) is 0 Å². The van der Waals surface area contributed by atoms with Crippen molar-refractivity contribution in [3.05, 3.63) is 0 Å². The molecular formula is C35H72N4O2. The van der Waals surface area contributed by atoms with Crippen LogP contribution in [0.5, 0.6) is 0 Å². The molecule has 0 aromatic heterocycles. The summed E-state index contributed by atoms with van der Waals surface area (Å²) in [6, 6.07) is 0. The fourth-order valence-corrected chi connectivity index (χ4v) is 5.42. The second kappa shape index (κ2) is 33.4. The van der Waals surface area contributed by atoms with Gasteiger partial charge < -0.3 is 21.3 Å². The largest absolute Gasteiger partial charge is 0.356 e. The Bertz CT molecular complexity index is 558. The van der Waals surface area contributed by atoms with Gasteiger partial charge in [-0.15, -0.1) is 0 Å². The summed E-state index contributed by atoms with van der Waals surface area (Å²) in [7, 11) is 0. The molecule has 0 spiro atoms. The van der Waals surface area contributed by atoms with Crippen LogP contribution in [-0.2, 0) is 9.59 Å². The molecule has 0 aliphatic heterocycles. The van der Waals surface area contributed by atoms with Crippen molar-refractivity contribution in [2.75, 3.05) is 39.3 Å². The van der Waals surface area contributed by atoms with Gasteiger partial charge in [-0.05, 0) is 12.8 Å². The molecule has 0 aliphatic carbocycles. The van der Waals surface area contributed by atoms with Gasteiger partial charge in [-0.1, -0.05) is 149 Å². The summed E-state index contributed by atoms with van der Waals surface area (Å²) in [6.07, 6.45) is 31.3. The predicted molar refractivity (Wildman–Crippen MR) is 178 cm³/mol. The van der Waals surface area contributed by atoms with Gasteiger partial charge in [0.1, 0.15) is 0 Å². The van der Waals surface area contributed by atoms with E-state index in [-0.39, 0.29) is 11.8 Å². The lowest BCUT2D eigenvalue weighted by Crippen LogP contribution is -2.37. The third kappa shape index (κ3) is 31.6. The van der Waals surface area contributed by atoms with Crippen molar-refractivity contribution < 1.29 is 9.59 Å². The Balaban J connectivity index is 3.63. The van der Waals surface area contributed by atoms with Crippen LogP contribution in [0.15, 0.2) is 0 Å². The van der Waals surface area contributed by atoms with E-state index in [9.17, 15) is 9.59 Å². The van der Waals surface area contributed by atoms with Crippen LogP contribution in [0.2, 0.25) is 0 Å². The van der Waals surface area contributed by atoms with Crippen molar-refractivity contribution in [1.82, 2.24) is 15.5 Å². The molecule has 2 amide bonds. The molecule has 4 N–H and O–H groups in total. The van der Waals surface area contributed by atoms with Gasteiger partial charge in [-0.3, -0.25) is 9.59 Å². The van der Waals surface area contributed by atoms with Crippen LogP contribution in [0.1, 0.15) is 174 Å². The molecule has 0 aromatic carbocycles. The van der Waals surface area contributed by atoms with Crippen LogP contribution in [-0.4, -0.2) is 56.0 Å². The van der Waals surface area contributed by atoms with Crippen molar-refractivity contribution >= 4 is 11.8 Å². The summed E-state index contributed by atoms with van der Waals surface area (Å²) >= 11 is 0. The molecule has 0 rings (SSSR count).